The number of nitrogens with zero attached hydrogens (tertiary/aromatic N) is 3. The summed E-state index contributed by atoms with van der Waals surface area (Å²) in [6.07, 6.45) is 5.49. The molecule has 0 saturated carbocycles. The number of H-pyrrole nitrogens is 1. The monoisotopic (exact) mass is 618 g/mol. The van der Waals surface area contributed by atoms with Crippen molar-refractivity contribution in [2.75, 3.05) is 59.5 Å². The number of carbonyl (C=O) groups is 1. The molecular weight excluding hydrogens is 565 g/mol. The van der Waals surface area contributed by atoms with E-state index in [0.29, 0.717) is 11.7 Å². The van der Waals surface area contributed by atoms with Gasteiger partial charge in [0.05, 0.1) is 22.8 Å². The van der Waals surface area contributed by atoms with Gasteiger partial charge in [-0.2, -0.15) is 0 Å². The minimum atomic E-state index is -0.487. The van der Waals surface area contributed by atoms with Crippen molar-refractivity contribution in [3.63, 3.8) is 0 Å². The first-order valence-electron chi connectivity index (χ1n) is 17.1. The Morgan fingerprint density at radius 1 is 1.05 bits per heavy atom. The lowest BCUT2D eigenvalue weighted by Gasteiger charge is -2.43. The minimum absolute atomic E-state index is 0.0378. The van der Waals surface area contributed by atoms with Crippen LogP contribution in [0.15, 0.2) is 24.3 Å². The average molecular weight is 619 g/mol. The Kier molecular flexibility index (Phi) is 9.17. The number of Topliss-reactive ketones (excluding diaryl/α,β-unsaturated/α-hetero) is 1. The van der Waals surface area contributed by atoms with Crippen molar-refractivity contribution >= 4 is 27.3 Å². The Balaban J connectivity index is 1.26. The smallest absolute Gasteiger partial charge is 0.160 e. The van der Waals surface area contributed by atoms with Crippen LogP contribution in [0.4, 0.5) is 0 Å². The van der Waals surface area contributed by atoms with Crippen LogP contribution in [0.5, 0.6) is 0 Å². The molecule has 0 amide bonds. The molecule has 44 heavy (non-hydrogen) atoms. The highest BCUT2D eigenvalue weighted by atomic mass is 32.1. The van der Waals surface area contributed by atoms with E-state index in [0.717, 1.165) is 71.6 Å². The third kappa shape index (κ3) is 5.95. The molecule has 3 aliphatic rings. The van der Waals surface area contributed by atoms with Gasteiger partial charge in [-0.15, -0.1) is 11.3 Å². The maximum Gasteiger partial charge on any atom is 0.160 e. The molecule has 0 spiro atoms. The maximum absolute atomic E-state index is 14.0. The molecule has 6 nitrogen and oxygen atoms in total. The number of aromatic nitrogens is 1. The van der Waals surface area contributed by atoms with Crippen molar-refractivity contribution in [3.05, 3.63) is 45.8 Å². The summed E-state index contributed by atoms with van der Waals surface area (Å²) in [6, 6.07) is 9.34. The summed E-state index contributed by atoms with van der Waals surface area (Å²) in [6.45, 7) is 21.7. The molecule has 1 aromatic carbocycles. The Labute approximate surface area is 269 Å². The summed E-state index contributed by atoms with van der Waals surface area (Å²) in [5, 5.41) is 1.31. The summed E-state index contributed by atoms with van der Waals surface area (Å²) >= 11 is 1.80. The summed E-state index contributed by atoms with van der Waals surface area (Å²) in [5.41, 5.74) is 5.97. The predicted molar refractivity (Wildman–Crippen MR) is 184 cm³/mol. The Morgan fingerprint density at radius 3 is 2.27 bits per heavy atom. The predicted octanol–water partition coefficient (Wildman–Crippen LogP) is 6.82. The van der Waals surface area contributed by atoms with Crippen molar-refractivity contribution in [1.82, 2.24) is 19.7 Å². The van der Waals surface area contributed by atoms with E-state index < -0.39 is 5.41 Å². The Morgan fingerprint density at radius 2 is 1.70 bits per heavy atom. The van der Waals surface area contributed by atoms with Crippen LogP contribution in [0.1, 0.15) is 74.9 Å². The van der Waals surface area contributed by atoms with Gasteiger partial charge in [0, 0.05) is 43.6 Å². The standard InChI is InChI=1S/C37H54N4O2S/c1-8-39(9-2)24-37(43-7)13-18-40(19-14-37)15-12-29-30-23-31(36(5,6)34(42)33-27-10-16-41(33)17-11-27)44-35(30)38-32(29)28-21-25(3)20-26(4)22-28/h20-23,27,33,38H,8-19,24H2,1-7H3. The second kappa shape index (κ2) is 12.6. The number of methoxy groups -OCH3 is 1. The van der Waals surface area contributed by atoms with Gasteiger partial charge < -0.3 is 19.5 Å². The van der Waals surface area contributed by atoms with Gasteiger partial charge >= 0.3 is 0 Å². The number of ketones is 1. The number of carbonyl (C=O) groups excluding carboxylic acids is 1. The van der Waals surface area contributed by atoms with E-state index in [9.17, 15) is 4.79 Å². The van der Waals surface area contributed by atoms with E-state index in [1.807, 2.05) is 7.11 Å². The van der Waals surface area contributed by atoms with Crippen LogP contribution in [0, 0.1) is 19.8 Å². The number of likely N-dealkylation sites (tertiary alicyclic amines) is 1. The zero-order chi connectivity index (χ0) is 31.2. The molecule has 2 bridgehead atoms. The van der Waals surface area contributed by atoms with Gasteiger partial charge in [0.15, 0.2) is 5.78 Å². The second-order valence-electron chi connectivity index (χ2n) is 14.5. The van der Waals surface area contributed by atoms with E-state index in [1.54, 1.807) is 11.3 Å². The van der Waals surface area contributed by atoms with Gasteiger partial charge in [0.1, 0.15) is 4.83 Å². The Hall–Kier alpha value is -2.03. The highest BCUT2D eigenvalue weighted by molar-refractivity contribution is 7.19. The molecule has 1 N–H and O–H groups in total. The number of hydrogen-bond acceptors (Lipinski definition) is 6. The number of rotatable bonds is 12. The molecule has 1 unspecified atom stereocenters. The first kappa shape index (κ1) is 31.9. The van der Waals surface area contributed by atoms with Crippen LogP contribution < -0.4 is 0 Å². The molecular formula is C37H54N4O2S. The van der Waals surface area contributed by atoms with E-state index >= 15 is 0 Å². The lowest BCUT2D eigenvalue weighted by molar-refractivity contribution is -0.127. The summed E-state index contributed by atoms with van der Waals surface area (Å²) in [5.74, 6) is 0.962. The molecule has 3 saturated heterocycles. The third-order valence-electron chi connectivity index (χ3n) is 11.3. The van der Waals surface area contributed by atoms with Gasteiger partial charge in [-0.3, -0.25) is 9.69 Å². The van der Waals surface area contributed by atoms with Gasteiger partial charge in [0.2, 0.25) is 0 Å². The molecule has 0 aliphatic carbocycles. The molecule has 6 rings (SSSR count). The molecule has 5 heterocycles. The highest BCUT2D eigenvalue weighted by Gasteiger charge is 2.49. The fraction of sp³-hybridized carbons (Fsp3) is 0.649. The molecule has 3 fully saturated rings. The van der Waals surface area contributed by atoms with Crippen LogP contribution >= 0.6 is 11.3 Å². The summed E-state index contributed by atoms with van der Waals surface area (Å²) < 4.78 is 6.17. The quantitative estimate of drug-likeness (QED) is 0.242. The van der Waals surface area contributed by atoms with E-state index in [-0.39, 0.29) is 11.6 Å². The number of piperidine rings is 2. The first-order valence-corrected chi connectivity index (χ1v) is 17.9. The number of nitrogens with one attached hydrogen (secondary N) is 1. The van der Waals surface area contributed by atoms with Crippen molar-refractivity contribution < 1.29 is 9.53 Å². The molecule has 2 aromatic heterocycles. The molecule has 3 aliphatic heterocycles. The normalized spacial score (nSPS) is 23.8. The average Bonchev–Trinajstić information content (AvgIpc) is 3.79. The first-order chi connectivity index (χ1) is 21.1. The van der Waals surface area contributed by atoms with Crippen LogP contribution in [0.3, 0.4) is 0 Å². The highest BCUT2D eigenvalue weighted by Crippen LogP contribution is 2.44. The van der Waals surface area contributed by atoms with Gasteiger partial charge in [0.25, 0.3) is 0 Å². The lowest BCUT2D eigenvalue weighted by atomic mass is 9.79. The van der Waals surface area contributed by atoms with Crippen LogP contribution in [0.2, 0.25) is 0 Å². The molecule has 1 atom stereocenters. The molecule has 3 aromatic rings. The van der Waals surface area contributed by atoms with Crippen LogP contribution in [-0.4, -0.2) is 96.6 Å². The van der Waals surface area contributed by atoms with Gasteiger partial charge in [-0.05, 0) is 121 Å². The van der Waals surface area contributed by atoms with Crippen molar-refractivity contribution in [2.45, 2.75) is 90.7 Å². The fourth-order valence-corrected chi connectivity index (χ4v) is 9.58. The number of benzene rings is 1. The number of likely N-dealkylation sites (N-methyl/N-ethyl adjacent to an activating group) is 1. The van der Waals surface area contributed by atoms with Crippen molar-refractivity contribution in [1.29, 1.82) is 0 Å². The van der Waals surface area contributed by atoms with Crippen LogP contribution in [0.25, 0.3) is 21.5 Å². The lowest BCUT2D eigenvalue weighted by Crippen LogP contribution is -2.52. The molecule has 240 valence electrons. The second-order valence-corrected chi connectivity index (χ2v) is 15.5. The fourth-order valence-electron chi connectivity index (χ4n) is 8.38. The number of thiophene rings is 1. The topological polar surface area (TPSA) is 51.8 Å². The van der Waals surface area contributed by atoms with E-state index in [2.05, 4.69) is 85.5 Å². The van der Waals surface area contributed by atoms with Gasteiger partial charge in [-0.25, -0.2) is 0 Å². The van der Waals surface area contributed by atoms with Crippen LogP contribution in [-0.2, 0) is 21.4 Å². The molecule has 7 heteroatoms. The van der Waals surface area contributed by atoms with Gasteiger partial charge in [-0.1, -0.05) is 31.0 Å². The number of aromatic amines is 1. The van der Waals surface area contributed by atoms with E-state index in [4.69, 9.17) is 4.74 Å². The maximum atomic E-state index is 14.0. The third-order valence-corrected chi connectivity index (χ3v) is 12.7. The SMILES string of the molecule is CCN(CC)CC1(OC)CCN(CCc2c(-c3cc(C)cc(C)c3)[nH]c3sc(C(C)(C)C(=O)C4C5CCN4CC5)cc23)CC1. The minimum Gasteiger partial charge on any atom is -0.377 e. The number of hydrogen-bond donors (Lipinski definition) is 1. The summed E-state index contributed by atoms with van der Waals surface area (Å²) in [7, 11) is 1.90. The van der Waals surface area contributed by atoms with Crippen molar-refractivity contribution in [2.24, 2.45) is 5.92 Å². The number of aryl methyl sites for hydroxylation is 2. The van der Waals surface area contributed by atoms with E-state index in [1.165, 1.54) is 55.9 Å². The van der Waals surface area contributed by atoms with Crippen molar-refractivity contribution in [3.8, 4) is 11.3 Å². The number of fused-ring (bicyclic) bond motifs is 3. The Bertz CT molecular complexity index is 1440. The number of ether oxygens (including phenoxy) is 1. The summed E-state index contributed by atoms with van der Waals surface area (Å²) in [4.78, 5) is 27.9. The zero-order valence-electron chi connectivity index (χ0n) is 28.2. The molecule has 0 radical (unpaired) electrons. The largest absolute Gasteiger partial charge is 0.377 e. The zero-order valence-corrected chi connectivity index (χ0v) is 29.0.